The Balaban J connectivity index is 2.32. The van der Waals surface area contributed by atoms with Gasteiger partial charge in [-0.05, 0) is 49.3 Å². The molecule has 2 nitrogen and oxygen atoms in total. The summed E-state index contributed by atoms with van der Waals surface area (Å²) in [5.74, 6) is 1.76. The van der Waals surface area contributed by atoms with E-state index in [1.807, 2.05) is 19.1 Å². The lowest BCUT2D eigenvalue weighted by atomic mass is 9.92. The summed E-state index contributed by atoms with van der Waals surface area (Å²) in [7, 11) is 1.65. The van der Waals surface area contributed by atoms with Gasteiger partial charge in [0.1, 0.15) is 5.75 Å². The molecule has 0 aromatic heterocycles. The van der Waals surface area contributed by atoms with Gasteiger partial charge < -0.3 is 9.84 Å². The van der Waals surface area contributed by atoms with E-state index in [0.29, 0.717) is 11.8 Å². The van der Waals surface area contributed by atoms with Crippen LogP contribution >= 0.6 is 15.9 Å². The number of benzene rings is 1. The third kappa shape index (κ3) is 2.66. The lowest BCUT2D eigenvalue weighted by Gasteiger charge is -2.21. The Morgan fingerprint density at radius 3 is 2.59 bits per heavy atom. The number of aliphatic hydroxyl groups is 1. The predicted octanol–water partition coefficient (Wildman–Crippen LogP) is 3.85. The van der Waals surface area contributed by atoms with Crippen LogP contribution < -0.4 is 4.74 Å². The molecule has 0 aliphatic heterocycles. The molecule has 1 aromatic rings. The van der Waals surface area contributed by atoms with Crippen LogP contribution in [0.5, 0.6) is 5.75 Å². The second-order valence-corrected chi connectivity index (χ2v) is 5.84. The zero-order valence-electron chi connectivity index (χ0n) is 10.5. The average molecular weight is 299 g/mol. The number of halogens is 1. The maximum absolute atomic E-state index is 10.4. The first-order chi connectivity index (χ1) is 8.04. The molecule has 3 heteroatoms. The van der Waals surface area contributed by atoms with Crippen LogP contribution in [0.3, 0.4) is 0 Å². The summed E-state index contributed by atoms with van der Waals surface area (Å²) in [6, 6.07) is 3.96. The van der Waals surface area contributed by atoms with Crippen LogP contribution in [0.4, 0.5) is 0 Å². The Kier molecular flexibility index (Phi) is 3.79. The highest BCUT2D eigenvalue weighted by atomic mass is 79.9. The van der Waals surface area contributed by atoms with Gasteiger partial charge >= 0.3 is 0 Å². The van der Waals surface area contributed by atoms with Crippen LogP contribution in [0.1, 0.15) is 37.0 Å². The lowest BCUT2D eigenvalue weighted by Crippen LogP contribution is -2.12. The number of hydrogen-bond acceptors (Lipinski definition) is 2. The molecule has 2 atom stereocenters. The van der Waals surface area contributed by atoms with Crippen LogP contribution in [0.25, 0.3) is 0 Å². The van der Waals surface area contributed by atoms with E-state index < -0.39 is 6.10 Å². The van der Waals surface area contributed by atoms with Crippen molar-refractivity contribution in [2.24, 2.45) is 11.8 Å². The molecule has 1 fully saturated rings. The molecule has 1 aliphatic rings. The highest BCUT2D eigenvalue weighted by molar-refractivity contribution is 9.10. The quantitative estimate of drug-likeness (QED) is 0.915. The van der Waals surface area contributed by atoms with Gasteiger partial charge in [-0.1, -0.05) is 22.9 Å². The second-order valence-electron chi connectivity index (χ2n) is 4.98. The van der Waals surface area contributed by atoms with Crippen molar-refractivity contribution in [2.45, 2.75) is 32.8 Å². The maximum Gasteiger partial charge on any atom is 0.125 e. The zero-order valence-corrected chi connectivity index (χ0v) is 12.1. The first-order valence-corrected chi connectivity index (χ1v) is 6.86. The summed E-state index contributed by atoms with van der Waals surface area (Å²) < 4.78 is 6.40. The van der Waals surface area contributed by atoms with Crippen molar-refractivity contribution in [3.05, 3.63) is 27.7 Å². The van der Waals surface area contributed by atoms with Gasteiger partial charge in [0.2, 0.25) is 0 Å². The van der Waals surface area contributed by atoms with Crippen LogP contribution in [0.2, 0.25) is 0 Å². The van der Waals surface area contributed by atoms with E-state index in [1.165, 1.54) is 12.8 Å². The fraction of sp³-hybridized carbons (Fsp3) is 0.571. The first kappa shape index (κ1) is 12.9. The molecule has 0 radical (unpaired) electrons. The summed E-state index contributed by atoms with van der Waals surface area (Å²) in [6.07, 6.45) is 2.05. The lowest BCUT2D eigenvalue weighted by molar-refractivity contribution is 0.103. The summed E-state index contributed by atoms with van der Waals surface area (Å²) in [5.41, 5.74) is 2.02. The summed E-state index contributed by atoms with van der Waals surface area (Å²) >= 11 is 3.51. The fourth-order valence-electron chi connectivity index (χ4n) is 2.24. The van der Waals surface area contributed by atoms with Crippen LogP contribution in [0.15, 0.2) is 16.6 Å². The van der Waals surface area contributed by atoms with E-state index >= 15 is 0 Å². The van der Waals surface area contributed by atoms with E-state index in [9.17, 15) is 5.11 Å². The van der Waals surface area contributed by atoms with E-state index in [0.717, 1.165) is 21.3 Å². The van der Waals surface area contributed by atoms with Gasteiger partial charge in [-0.25, -0.2) is 0 Å². The molecule has 0 amide bonds. The molecule has 94 valence electrons. The zero-order chi connectivity index (χ0) is 12.6. The van der Waals surface area contributed by atoms with Gasteiger partial charge in [0.25, 0.3) is 0 Å². The standard InChI is InChI=1S/C14H19BrO2/c1-8-6-13(17-3)11(7-12(8)15)14(16)9(2)10-4-5-10/h6-7,9-10,14,16H,4-5H2,1-3H3. The van der Waals surface area contributed by atoms with Crippen LogP contribution in [-0.4, -0.2) is 12.2 Å². The molecule has 0 saturated heterocycles. The highest BCUT2D eigenvalue weighted by Crippen LogP contribution is 2.45. The van der Waals surface area contributed by atoms with Gasteiger partial charge in [-0.3, -0.25) is 0 Å². The number of aliphatic hydroxyl groups excluding tert-OH is 1. The number of methoxy groups -OCH3 is 1. The average Bonchev–Trinajstić information content (AvgIpc) is 3.14. The Hall–Kier alpha value is -0.540. The van der Waals surface area contributed by atoms with Crippen molar-refractivity contribution in [1.29, 1.82) is 0 Å². The Morgan fingerprint density at radius 1 is 1.41 bits per heavy atom. The van der Waals surface area contributed by atoms with Crippen LogP contribution in [0, 0.1) is 18.8 Å². The summed E-state index contributed by atoms with van der Waals surface area (Å²) in [6.45, 7) is 4.14. The molecule has 1 aromatic carbocycles. The number of ether oxygens (including phenoxy) is 1. The topological polar surface area (TPSA) is 29.5 Å². The SMILES string of the molecule is COc1cc(C)c(Br)cc1C(O)C(C)C1CC1. The molecular formula is C14H19BrO2. The third-order valence-corrected chi connectivity index (χ3v) is 4.55. The Bertz CT molecular complexity index is 413. The molecule has 0 bridgehead atoms. The van der Waals surface area contributed by atoms with Crippen molar-refractivity contribution in [1.82, 2.24) is 0 Å². The van der Waals surface area contributed by atoms with Crippen molar-refractivity contribution >= 4 is 15.9 Å². The van der Waals surface area contributed by atoms with Gasteiger partial charge in [-0.15, -0.1) is 0 Å². The second kappa shape index (κ2) is 4.99. The number of aryl methyl sites for hydroxylation is 1. The van der Waals surface area contributed by atoms with Gasteiger partial charge in [0, 0.05) is 10.0 Å². The normalized spacial score (nSPS) is 18.9. The molecular weight excluding hydrogens is 280 g/mol. The van der Waals surface area contributed by atoms with Gasteiger partial charge in [0.05, 0.1) is 13.2 Å². The molecule has 0 heterocycles. The number of rotatable bonds is 4. The predicted molar refractivity (Wildman–Crippen MR) is 72.3 cm³/mol. The molecule has 17 heavy (non-hydrogen) atoms. The Labute approximate surface area is 111 Å². The molecule has 1 saturated carbocycles. The first-order valence-electron chi connectivity index (χ1n) is 6.06. The van der Waals surface area contributed by atoms with E-state index in [4.69, 9.17) is 4.74 Å². The smallest absolute Gasteiger partial charge is 0.125 e. The summed E-state index contributed by atoms with van der Waals surface area (Å²) in [4.78, 5) is 0. The molecule has 0 spiro atoms. The monoisotopic (exact) mass is 298 g/mol. The largest absolute Gasteiger partial charge is 0.496 e. The Morgan fingerprint density at radius 2 is 2.06 bits per heavy atom. The highest BCUT2D eigenvalue weighted by Gasteiger charge is 2.34. The van der Waals surface area contributed by atoms with Crippen LogP contribution in [-0.2, 0) is 0 Å². The van der Waals surface area contributed by atoms with Gasteiger partial charge in [-0.2, -0.15) is 0 Å². The van der Waals surface area contributed by atoms with Crippen molar-refractivity contribution < 1.29 is 9.84 Å². The molecule has 2 unspecified atom stereocenters. The molecule has 2 rings (SSSR count). The van der Waals surface area contributed by atoms with Crippen molar-refractivity contribution in [3.63, 3.8) is 0 Å². The van der Waals surface area contributed by atoms with E-state index in [1.54, 1.807) is 7.11 Å². The molecule has 1 N–H and O–H groups in total. The van der Waals surface area contributed by atoms with Gasteiger partial charge in [0.15, 0.2) is 0 Å². The fourth-order valence-corrected chi connectivity index (χ4v) is 2.60. The van der Waals surface area contributed by atoms with E-state index in [2.05, 4.69) is 22.9 Å². The minimum atomic E-state index is -0.436. The maximum atomic E-state index is 10.4. The minimum Gasteiger partial charge on any atom is -0.496 e. The summed E-state index contributed by atoms with van der Waals surface area (Å²) in [5, 5.41) is 10.4. The van der Waals surface area contributed by atoms with Crippen molar-refractivity contribution in [3.8, 4) is 5.75 Å². The van der Waals surface area contributed by atoms with Crippen molar-refractivity contribution in [2.75, 3.05) is 7.11 Å². The minimum absolute atomic E-state index is 0.304. The number of hydrogen-bond donors (Lipinski definition) is 1. The molecule has 1 aliphatic carbocycles. The third-order valence-electron chi connectivity index (χ3n) is 3.69. The van der Waals surface area contributed by atoms with E-state index in [-0.39, 0.29) is 0 Å².